The van der Waals surface area contributed by atoms with E-state index >= 15 is 0 Å². The Morgan fingerprint density at radius 1 is 1.29 bits per heavy atom. The number of ether oxygens (including phenoxy) is 1. The smallest absolute Gasteiger partial charge is 0.253 e. The maximum atomic E-state index is 12.7. The first-order chi connectivity index (χ1) is 11.4. The molecule has 6 nitrogen and oxygen atoms in total. The highest BCUT2D eigenvalue weighted by atomic mass is 32.2. The molecule has 0 bridgehead atoms. The van der Waals surface area contributed by atoms with Crippen molar-refractivity contribution in [2.75, 3.05) is 32.5 Å². The Hall–Kier alpha value is -1.44. The molecule has 2 heterocycles. The third-order valence-corrected chi connectivity index (χ3v) is 5.63. The van der Waals surface area contributed by atoms with Gasteiger partial charge in [0.15, 0.2) is 0 Å². The van der Waals surface area contributed by atoms with Gasteiger partial charge in [-0.1, -0.05) is 19.1 Å². The van der Waals surface area contributed by atoms with Gasteiger partial charge in [-0.05, 0) is 24.1 Å². The van der Waals surface area contributed by atoms with Crippen LogP contribution in [-0.4, -0.2) is 57.8 Å². The summed E-state index contributed by atoms with van der Waals surface area (Å²) in [5, 5.41) is 0. The number of carbonyl (C=O) groups is 1. The molecule has 0 unspecified atom stereocenters. The van der Waals surface area contributed by atoms with Crippen LogP contribution in [0.3, 0.4) is 0 Å². The van der Waals surface area contributed by atoms with Crippen LogP contribution in [0, 0.1) is 11.8 Å². The van der Waals surface area contributed by atoms with Gasteiger partial charge in [-0.15, -0.1) is 0 Å². The molecule has 132 valence electrons. The molecule has 24 heavy (non-hydrogen) atoms. The van der Waals surface area contributed by atoms with E-state index in [4.69, 9.17) is 4.74 Å². The van der Waals surface area contributed by atoms with Crippen molar-refractivity contribution in [1.82, 2.24) is 9.62 Å². The third kappa shape index (κ3) is 3.79. The number of amides is 1. The van der Waals surface area contributed by atoms with Gasteiger partial charge in [0, 0.05) is 37.0 Å². The molecule has 1 amide bonds. The molecule has 2 aliphatic rings. The summed E-state index contributed by atoms with van der Waals surface area (Å²) in [6.07, 6.45) is 2.12. The second-order valence-electron chi connectivity index (χ2n) is 6.68. The number of sulfonamides is 1. The molecule has 1 aromatic carbocycles. The number of benzene rings is 1. The predicted octanol–water partition coefficient (Wildman–Crippen LogP) is 0.885. The number of nitrogens with one attached hydrogen (secondary N) is 1. The first-order valence-corrected chi connectivity index (χ1v) is 10.2. The number of fused-ring (bicyclic) bond motifs is 1. The molecule has 0 aliphatic carbocycles. The molecule has 3 atom stereocenters. The number of hydrogen-bond donors (Lipinski definition) is 1. The highest BCUT2D eigenvalue weighted by molar-refractivity contribution is 7.88. The molecule has 2 saturated heterocycles. The zero-order chi connectivity index (χ0) is 17.3. The van der Waals surface area contributed by atoms with Gasteiger partial charge in [0.25, 0.3) is 5.91 Å². The largest absolute Gasteiger partial charge is 0.376 e. The van der Waals surface area contributed by atoms with Crippen molar-refractivity contribution in [3.05, 3.63) is 35.4 Å². The summed E-state index contributed by atoms with van der Waals surface area (Å²) in [6.45, 7) is 4.20. The van der Waals surface area contributed by atoms with Crippen LogP contribution >= 0.6 is 0 Å². The Kier molecular flexibility index (Phi) is 4.94. The van der Waals surface area contributed by atoms with Gasteiger partial charge in [-0.25, -0.2) is 13.1 Å². The van der Waals surface area contributed by atoms with Crippen molar-refractivity contribution in [2.24, 2.45) is 11.8 Å². The first-order valence-electron chi connectivity index (χ1n) is 8.32. The summed E-state index contributed by atoms with van der Waals surface area (Å²) in [4.78, 5) is 14.5. The van der Waals surface area contributed by atoms with Gasteiger partial charge in [-0.2, -0.15) is 0 Å². The average molecular weight is 352 g/mol. The lowest BCUT2D eigenvalue weighted by molar-refractivity contribution is 0.0678. The van der Waals surface area contributed by atoms with Crippen LogP contribution in [-0.2, 0) is 21.2 Å². The summed E-state index contributed by atoms with van der Waals surface area (Å²) in [7, 11) is -3.21. The van der Waals surface area contributed by atoms with Crippen molar-refractivity contribution in [1.29, 1.82) is 0 Å². The zero-order valence-electron chi connectivity index (χ0n) is 14.1. The molecule has 1 aromatic rings. The van der Waals surface area contributed by atoms with Gasteiger partial charge >= 0.3 is 0 Å². The Bertz CT molecular complexity index is 702. The monoisotopic (exact) mass is 352 g/mol. The molecule has 7 heteroatoms. The van der Waals surface area contributed by atoms with Crippen LogP contribution < -0.4 is 4.72 Å². The van der Waals surface area contributed by atoms with Gasteiger partial charge in [0.05, 0.1) is 19.0 Å². The van der Waals surface area contributed by atoms with E-state index in [2.05, 4.69) is 11.6 Å². The van der Waals surface area contributed by atoms with E-state index in [1.54, 1.807) is 0 Å². The van der Waals surface area contributed by atoms with E-state index in [1.807, 2.05) is 29.2 Å². The summed E-state index contributed by atoms with van der Waals surface area (Å²) >= 11 is 0. The van der Waals surface area contributed by atoms with E-state index in [1.165, 1.54) is 5.56 Å². The Morgan fingerprint density at radius 2 is 2.00 bits per heavy atom. The molecule has 0 aromatic heterocycles. The zero-order valence-corrected chi connectivity index (χ0v) is 14.9. The SMILES string of the molecule is CCc1ccc(C(=O)N2C[C@H]3[C@@H](CNS(C)(=O)=O)CO[C@H]3C2)cc1. The molecule has 0 radical (unpaired) electrons. The lowest BCUT2D eigenvalue weighted by Gasteiger charge is -2.20. The Balaban J connectivity index is 1.63. The minimum atomic E-state index is -3.21. The normalized spacial score (nSPS) is 26.6. The fourth-order valence-electron chi connectivity index (χ4n) is 3.50. The van der Waals surface area contributed by atoms with Crippen LogP contribution in [0.1, 0.15) is 22.8 Å². The van der Waals surface area contributed by atoms with Gasteiger partial charge in [-0.3, -0.25) is 4.79 Å². The predicted molar refractivity (Wildman–Crippen MR) is 91.3 cm³/mol. The fourth-order valence-corrected chi connectivity index (χ4v) is 4.02. The number of nitrogens with zero attached hydrogens (tertiary/aromatic N) is 1. The van der Waals surface area contributed by atoms with Gasteiger partial charge < -0.3 is 9.64 Å². The molecule has 2 aliphatic heterocycles. The van der Waals surface area contributed by atoms with Crippen LogP contribution in [0.4, 0.5) is 0 Å². The van der Waals surface area contributed by atoms with Crippen molar-refractivity contribution < 1.29 is 17.9 Å². The van der Waals surface area contributed by atoms with Gasteiger partial charge in [0.2, 0.25) is 10.0 Å². The summed E-state index contributed by atoms with van der Waals surface area (Å²) in [6, 6.07) is 7.72. The second kappa shape index (κ2) is 6.82. The van der Waals surface area contributed by atoms with Crippen molar-refractivity contribution in [3.8, 4) is 0 Å². The van der Waals surface area contributed by atoms with E-state index in [0.717, 1.165) is 12.7 Å². The number of carbonyl (C=O) groups excluding carboxylic acids is 1. The average Bonchev–Trinajstić information content (AvgIpc) is 3.12. The van der Waals surface area contributed by atoms with Gasteiger partial charge in [0.1, 0.15) is 0 Å². The molecule has 1 N–H and O–H groups in total. The highest BCUT2D eigenvalue weighted by Crippen LogP contribution is 2.34. The maximum Gasteiger partial charge on any atom is 0.253 e. The molecular weight excluding hydrogens is 328 g/mol. The second-order valence-corrected chi connectivity index (χ2v) is 8.51. The van der Waals surface area contributed by atoms with Crippen LogP contribution in [0.2, 0.25) is 0 Å². The highest BCUT2D eigenvalue weighted by Gasteiger charge is 2.45. The van der Waals surface area contributed by atoms with E-state index in [-0.39, 0.29) is 23.8 Å². The summed E-state index contributed by atoms with van der Waals surface area (Å²) in [5.41, 5.74) is 1.90. The lowest BCUT2D eigenvalue weighted by atomic mass is 9.93. The number of aryl methyl sites for hydroxylation is 1. The molecule has 0 saturated carbocycles. The minimum absolute atomic E-state index is 0.00947. The molecule has 3 rings (SSSR count). The minimum Gasteiger partial charge on any atom is -0.376 e. The van der Waals surface area contributed by atoms with Crippen LogP contribution in [0.5, 0.6) is 0 Å². The number of hydrogen-bond acceptors (Lipinski definition) is 4. The topological polar surface area (TPSA) is 75.7 Å². The number of rotatable bonds is 5. The Labute approximate surface area is 143 Å². The third-order valence-electron chi connectivity index (χ3n) is 4.94. The first kappa shape index (κ1) is 17.4. The fraction of sp³-hybridized carbons (Fsp3) is 0.588. The standard InChI is InChI=1S/C17H24N2O4S/c1-3-12-4-6-13(7-5-12)17(20)19-9-15-14(8-18-24(2,21)22)11-23-16(15)10-19/h4-7,14-16,18H,3,8-11H2,1-2H3/t14-,15-,16-/m0/s1. The molecule has 0 spiro atoms. The molecular formula is C17H24N2O4S. The van der Waals surface area contributed by atoms with Crippen LogP contribution in [0.15, 0.2) is 24.3 Å². The van der Waals surface area contributed by atoms with E-state index in [9.17, 15) is 13.2 Å². The quantitative estimate of drug-likeness (QED) is 0.854. The van der Waals surface area contributed by atoms with Crippen molar-refractivity contribution in [2.45, 2.75) is 19.4 Å². The maximum absolute atomic E-state index is 12.7. The Morgan fingerprint density at radius 3 is 2.62 bits per heavy atom. The van der Waals surface area contributed by atoms with E-state index in [0.29, 0.717) is 31.8 Å². The number of likely N-dealkylation sites (tertiary alicyclic amines) is 1. The summed E-state index contributed by atoms with van der Waals surface area (Å²) in [5.74, 6) is 0.327. The molecule has 2 fully saturated rings. The van der Waals surface area contributed by atoms with Crippen molar-refractivity contribution >= 4 is 15.9 Å². The van der Waals surface area contributed by atoms with Crippen LogP contribution in [0.25, 0.3) is 0 Å². The summed E-state index contributed by atoms with van der Waals surface area (Å²) < 4.78 is 30.9. The van der Waals surface area contributed by atoms with Crippen molar-refractivity contribution in [3.63, 3.8) is 0 Å². The van der Waals surface area contributed by atoms with E-state index < -0.39 is 10.0 Å². The lowest BCUT2D eigenvalue weighted by Crippen LogP contribution is -2.35.